The predicted octanol–water partition coefficient (Wildman–Crippen LogP) is 2.51. The molecule has 0 bridgehead atoms. The lowest BCUT2D eigenvalue weighted by atomic mass is 10.0. The molecule has 2 atom stereocenters. The zero-order valence-corrected chi connectivity index (χ0v) is 10.4. The van der Waals surface area contributed by atoms with Crippen molar-refractivity contribution in [1.29, 1.82) is 0 Å². The molecule has 0 saturated carbocycles. The van der Waals surface area contributed by atoms with Crippen molar-refractivity contribution >= 4 is 0 Å². The fraction of sp³-hybridized carbons (Fsp3) is 0.667. The topological polar surface area (TPSA) is 55.1 Å². The van der Waals surface area contributed by atoms with E-state index in [9.17, 15) is 10.0 Å². The van der Waals surface area contributed by atoms with Gasteiger partial charge in [-0.3, -0.25) is 9.78 Å². The summed E-state index contributed by atoms with van der Waals surface area (Å²) in [5, 5.41) is 9.79. The van der Waals surface area contributed by atoms with Gasteiger partial charge in [0.2, 0.25) is 0 Å². The average Bonchev–Trinajstić information content (AvgIpc) is 2.30. The highest BCUT2D eigenvalue weighted by Gasteiger charge is 2.16. The van der Waals surface area contributed by atoms with Crippen LogP contribution in [0, 0.1) is 0 Å². The Morgan fingerprint density at radius 3 is 2.38 bits per heavy atom. The van der Waals surface area contributed by atoms with E-state index in [2.05, 4.69) is 4.98 Å². The third kappa shape index (κ3) is 2.26. The van der Waals surface area contributed by atoms with Gasteiger partial charge in [-0.25, -0.2) is 0 Å². The molecule has 1 aromatic rings. The largest absolute Gasteiger partial charge is 0.425 e. The molecule has 1 N–H and O–H groups in total. The molecule has 0 aliphatic rings. The van der Waals surface area contributed by atoms with Crippen LogP contribution < -0.4 is 5.56 Å². The van der Waals surface area contributed by atoms with Crippen LogP contribution in [-0.4, -0.2) is 14.9 Å². The first-order valence-electron chi connectivity index (χ1n) is 5.83. The molecule has 0 spiro atoms. The Hall–Kier alpha value is -1.32. The molecule has 0 radical (unpaired) electrons. The zero-order valence-electron chi connectivity index (χ0n) is 10.4. The minimum atomic E-state index is -0.382. The van der Waals surface area contributed by atoms with Gasteiger partial charge in [0.15, 0.2) is 0 Å². The van der Waals surface area contributed by atoms with Crippen molar-refractivity contribution in [1.82, 2.24) is 9.71 Å². The molecule has 2 unspecified atom stereocenters. The zero-order chi connectivity index (χ0) is 12.3. The highest BCUT2D eigenvalue weighted by Crippen LogP contribution is 2.18. The summed E-state index contributed by atoms with van der Waals surface area (Å²) in [5.41, 5.74) is 0.642. The van der Waals surface area contributed by atoms with E-state index >= 15 is 0 Å². The molecule has 0 fully saturated rings. The normalized spacial score (nSPS) is 14.8. The molecule has 0 amide bonds. The Kier molecular flexibility index (Phi) is 4.10. The molecule has 0 saturated heterocycles. The molecule has 0 aliphatic heterocycles. The van der Waals surface area contributed by atoms with Crippen molar-refractivity contribution in [2.75, 3.05) is 0 Å². The first-order chi connectivity index (χ1) is 7.52. The maximum absolute atomic E-state index is 11.9. The molecule has 90 valence electrons. The summed E-state index contributed by atoms with van der Waals surface area (Å²) in [4.78, 5) is 16.0. The van der Waals surface area contributed by atoms with Crippen LogP contribution in [0.5, 0.6) is 0 Å². The second-order valence-corrected chi connectivity index (χ2v) is 4.30. The predicted molar refractivity (Wildman–Crippen MR) is 63.1 cm³/mol. The number of hydrogen-bond donors (Lipinski definition) is 1. The van der Waals surface area contributed by atoms with Gasteiger partial charge in [0.05, 0.1) is 11.9 Å². The SMILES string of the molecule is CCC(C)c1ncc(C(C)CC)n(O)c1=O. The summed E-state index contributed by atoms with van der Waals surface area (Å²) in [6.07, 6.45) is 3.31. The summed E-state index contributed by atoms with van der Waals surface area (Å²) in [7, 11) is 0. The maximum atomic E-state index is 11.9. The lowest BCUT2D eigenvalue weighted by Crippen LogP contribution is -2.28. The summed E-state index contributed by atoms with van der Waals surface area (Å²) < 4.78 is 0.753. The third-order valence-corrected chi connectivity index (χ3v) is 3.19. The van der Waals surface area contributed by atoms with Crippen molar-refractivity contribution in [3.8, 4) is 0 Å². The van der Waals surface area contributed by atoms with E-state index in [-0.39, 0.29) is 17.4 Å². The Labute approximate surface area is 95.9 Å². The van der Waals surface area contributed by atoms with Crippen LogP contribution in [-0.2, 0) is 0 Å². The molecule has 4 heteroatoms. The van der Waals surface area contributed by atoms with Crippen molar-refractivity contribution in [2.45, 2.75) is 52.4 Å². The van der Waals surface area contributed by atoms with E-state index in [1.807, 2.05) is 27.7 Å². The van der Waals surface area contributed by atoms with E-state index in [1.54, 1.807) is 6.20 Å². The fourth-order valence-electron chi connectivity index (χ4n) is 1.55. The van der Waals surface area contributed by atoms with Gasteiger partial charge in [0.1, 0.15) is 5.69 Å². The van der Waals surface area contributed by atoms with E-state index < -0.39 is 0 Å². The second kappa shape index (κ2) is 5.14. The average molecular weight is 224 g/mol. The Morgan fingerprint density at radius 2 is 1.88 bits per heavy atom. The molecule has 16 heavy (non-hydrogen) atoms. The van der Waals surface area contributed by atoms with Gasteiger partial charge in [-0.15, -0.1) is 4.73 Å². The van der Waals surface area contributed by atoms with Crippen molar-refractivity contribution < 1.29 is 5.21 Å². The van der Waals surface area contributed by atoms with Crippen LogP contribution in [0.3, 0.4) is 0 Å². The van der Waals surface area contributed by atoms with Gasteiger partial charge < -0.3 is 5.21 Å². The fourth-order valence-corrected chi connectivity index (χ4v) is 1.55. The standard InChI is InChI=1S/C12H20N2O2/c1-5-8(3)10-7-13-11(9(4)6-2)12(15)14(10)16/h7-9,16H,5-6H2,1-4H3. The Bertz CT molecular complexity index is 412. The molecule has 1 aromatic heterocycles. The van der Waals surface area contributed by atoms with Gasteiger partial charge in [-0.1, -0.05) is 27.7 Å². The van der Waals surface area contributed by atoms with Crippen LogP contribution in [0.4, 0.5) is 0 Å². The van der Waals surface area contributed by atoms with Gasteiger partial charge in [-0.2, -0.15) is 0 Å². The van der Waals surface area contributed by atoms with Gasteiger partial charge in [-0.05, 0) is 12.8 Å². The van der Waals surface area contributed by atoms with Crippen molar-refractivity contribution in [3.05, 3.63) is 27.9 Å². The van der Waals surface area contributed by atoms with Gasteiger partial charge in [0.25, 0.3) is 0 Å². The number of rotatable bonds is 4. The highest BCUT2D eigenvalue weighted by molar-refractivity contribution is 5.11. The number of nitrogens with zero attached hydrogens (tertiary/aromatic N) is 2. The van der Waals surface area contributed by atoms with Gasteiger partial charge in [0, 0.05) is 11.8 Å². The van der Waals surface area contributed by atoms with E-state index in [0.29, 0.717) is 11.4 Å². The highest BCUT2D eigenvalue weighted by atomic mass is 16.5. The molecular formula is C12H20N2O2. The Balaban J connectivity index is 3.24. The first kappa shape index (κ1) is 12.7. The summed E-state index contributed by atoms with van der Waals surface area (Å²) >= 11 is 0. The molecule has 1 heterocycles. The smallest absolute Gasteiger partial charge is 0.305 e. The minimum Gasteiger partial charge on any atom is -0.425 e. The minimum absolute atomic E-state index is 0.0804. The summed E-state index contributed by atoms with van der Waals surface area (Å²) in [6, 6.07) is 0. The lowest BCUT2D eigenvalue weighted by molar-refractivity contribution is 0.158. The van der Waals surface area contributed by atoms with Gasteiger partial charge >= 0.3 is 5.56 Å². The quantitative estimate of drug-likeness (QED) is 0.799. The summed E-state index contributed by atoms with van der Waals surface area (Å²) in [6.45, 7) is 7.91. The molecule has 4 nitrogen and oxygen atoms in total. The number of aromatic nitrogens is 2. The van der Waals surface area contributed by atoms with E-state index in [1.165, 1.54) is 0 Å². The van der Waals surface area contributed by atoms with Crippen LogP contribution in [0.15, 0.2) is 11.0 Å². The molecule has 0 aliphatic carbocycles. The number of hydrogen-bond acceptors (Lipinski definition) is 3. The molecular weight excluding hydrogens is 204 g/mol. The molecule has 0 aromatic carbocycles. The van der Waals surface area contributed by atoms with Crippen LogP contribution in [0.2, 0.25) is 0 Å². The first-order valence-corrected chi connectivity index (χ1v) is 5.83. The van der Waals surface area contributed by atoms with Crippen LogP contribution >= 0.6 is 0 Å². The van der Waals surface area contributed by atoms with E-state index in [4.69, 9.17) is 0 Å². The third-order valence-electron chi connectivity index (χ3n) is 3.19. The van der Waals surface area contributed by atoms with E-state index in [0.717, 1.165) is 17.6 Å². The summed E-state index contributed by atoms with van der Waals surface area (Å²) in [5.74, 6) is 0.216. The lowest BCUT2D eigenvalue weighted by Gasteiger charge is -2.14. The second-order valence-electron chi connectivity index (χ2n) is 4.30. The Morgan fingerprint density at radius 1 is 1.31 bits per heavy atom. The maximum Gasteiger partial charge on any atom is 0.305 e. The van der Waals surface area contributed by atoms with Crippen LogP contribution in [0.1, 0.15) is 63.8 Å². The molecule has 1 rings (SSSR count). The van der Waals surface area contributed by atoms with Crippen LogP contribution in [0.25, 0.3) is 0 Å². The monoisotopic (exact) mass is 224 g/mol. The van der Waals surface area contributed by atoms with Crippen molar-refractivity contribution in [2.24, 2.45) is 0 Å². The van der Waals surface area contributed by atoms with Crippen molar-refractivity contribution in [3.63, 3.8) is 0 Å².